The number of aryl methyl sites for hydroxylation is 2. The maximum absolute atomic E-state index is 13.1. The predicted octanol–water partition coefficient (Wildman–Crippen LogP) is 2.72. The Labute approximate surface area is 205 Å². The maximum atomic E-state index is 13.1. The molecule has 182 valence electrons. The van der Waals surface area contributed by atoms with Crippen molar-refractivity contribution < 1.29 is 14.4 Å². The summed E-state index contributed by atoms with van der Waals surface area (Å²) in [5, 5.41) is 9.95. The second-order valence-electron chi connectivity index (χ2n) is 8.80. The van der Waals surface area contributed by atoms with E-state index in [2.05, 4.69) is 21.8 Å². The van der Waals surface area contributed by atoms with Gasteiger partial charge in [-0.15, -0.1) is 0 Å². The monoisotopic (exact) mass is 473 g/mol. The summed E-state index contributed by atoms with van der Waals surface area (Å²) < 4.78 is 1.61. The average Bonchev–Trinajstić information content (AvgIpc) is 3.22. The fourth-order valence-electron chi connectivity index (χ4n) is 4.19. The predicted molar refractivity (Wildman–Crippen MR) is 133 cm³/mol. The minimum Gasteiger partial charge on any atom is -0.356 e. The topological polar surface area (TPSA) is 96.3 Å². The van der Waals surface area contributed by atoms with Crippen LogP contribution in [0.3, 0.4) is 0 Å². The van der Waals surface area contributed by atoms with E-state index in [4.69, 9.17) is 0 Å². The van der Waals surface area contributed by atoms with Gasteiger partial charge in [0.05, 0.1) is 0 Å². The zero-order chi connectivity index (χ0) is 24.6. The number of benzene rings is 2. The summed E-state index contributed by atoms with van der Waals surface area (Å²) in [4.78, 5) is 39.6. The van der Waals surface area contributed by atoms with Crippen molar-refractivity contribution in [1.82, 2.24) is 25.3 Å². The van der Waals surface area contributed by atoms with Gasteiger partial charge in [0.2, 0.25) is 5.91 Å². The lowest BCUT2D eigenvalue weighted by Gasteiger charge is -2.20. The van der Waals surface area contributed by atoms with E-state index in [-0.39, 0.29) is 36.4 Å². The van der Waals surface area contributed by atoms with Gasteiger partial charge in [-0.1, -0.05) is 60.2 Å². The lowest BCUT2D eigenvalue weighted by atomic mass is 10.1. The van der Waals surface area contributed by atoms with Crippen molar-refractivity contribution in [1.29, 1.82) is 0 Å². The molecule has 0 aliphatic carbocycles. The van der Waals surface area contributed by atoms with Gasteiger partial charge in [0.1, 0.15) is 5.69 Å². The van der Waals surface area contributed by atoms with Crippen LogP contribution >= 0.6 is 0 Å². The molecule has 2 N–H and O–H groups in total. The third-order valence-corrected chi connectivity index (χ3v) is 5.99. The van der Waals surface area contributed by atoms with Crippen LogP contribution in [0.2, 0.25) is 0 Å². The first kappa shape index (κ1) is 24.2. The molecule has 35 heavy (non-hydrogen) atoms. The molecule has 0 saturated carbocycles. The van der Waals surface area contributed by atoms with E-state index in [9.17, 15) is 14.4 Å². The molecular weight excluding hydrogens is 442 g/mol. The summed E-state index contributed by atoms with van der Waals surface area (Å²) in [6.07, 6.45) is 1.70. The van der Waals surface area contributed by atoms with Crippen LogP contribution in [0.25, 0.3) is 0 Å². The van der Waals surface area contributed by atoms with Crippen molar-refractivity contribution in [3.63, 3.8) is 0 Å². The van der Waals surface area contributed by atoms with Gasteiger partial charge in [-0.25, -0.2) is 0 Å². The fraction of sp³-hybridized carbons (Fsp3) is 0.333. The van der Waals surface area contributed by atoms with Crippen molar-refractivity contribution in [3.05, 3.63) is 88.7 Å². The van der Waals surface area contributed by atoms with Crippen LogP contribution in [0, 0.1) is 6.92 Å². The molecule has 1 aliphatic heterocycles. The van der Waals surface area contributed by atoms with E-state index in [0.29, 0.717) is 31.9 Å². The molecule has 1 aromatic heterocycles. The Morgan fingerprint density at radius 1 is 0.943 bits per heavy atom. The van der Waals surface area contributed by atoms with Crippen LogP contribution < -0.4 is 10.6 Å². The third-order valence-electron chi connectivity index (χ3n) is 5.99. The van der Waals surface area contributed by atoms with Crippen molar-refractivity contribution >= 4 is 17.7 Å². The first-order valence-corrected chi connectivity index (χ1v) is 12.0. The van der Waals surface area contributed by atoms with Crippen LogP contribution in [-0.2, 0) is 24.3 Å². The van der Waals surface area contributed by atoms with Gasteiger partial charge in [0, 0.05) is 45.2 Å². The molecule has 0 spiro atoms. The van der Waals surface area contributed by atoms with E-state index < -0.39 is 0 Å². The van der Waals surface area contributed by atoms with E-state index in [1.54, 1.807) is 15.6 Å². The fourth-order valence-corrected chi connectivity index (χ4v) is 4.19. The lowest BCUT2D eigenvalue weighted by Crippen LogP contribution is -2.32. The minimum atomic E-state index is -0.388. The van der Waals surface area contributed by atoms with Crippen LogP contribution in [0.4, 0.5) is 0 Å². The highest BCUT2D eigenvalue weighted by atomic mass is 16.2. The van der Waals surface area contributed by atoms with Crippen molar-refractivity contribution in [2.75, 3.05) is 19.6 Å². The smallest absolute Gasteiger partial charge is 0.272 e. The van der Waals surface area contributed by atoms with E-state index in [1.165, 1.54) is 0 Å². The number of nitrogens with zero attached hydrogens (tertiary/aromatic N) is 3. The third kappa shape index (κ3) is 6.56. The van der Waals surface area contributed by atoms with Gasteiger partial charge < -0.3 is 15.5 Å². The molecule has 0 saturated heterocycles. The van der Waals surface area contributed by atoms with Crippen LogP contribution in [0.1, 0.15) is 50.5 Å². The van der Waals surface area contributed by atoms with E-state index in [1.807, 2.05) is 55.5 Å². The molecule has 0 bridgehead atoms. The zero-order valence-corrected chi connectivity index (χ0v) is 20.0. The molecule has 4 rings (SSSR count). The van der Waals surface area contributed by atoms with Crippen LogP contribution in [0.15, 0.2) is 60.7 Å². The Bertz CT molecular complexity index is 1190. The Balaban J connectivity index is 1.27. The maximum Gasteiger partial charge on any atom is 0.272 e. The largest absolute Gasteiger partial charge is 0.356 e. The zero-order valence-electron chi connectivity index (χ0n) is 20.0. The molecule has 0 radical (unpaired) electrons. The van der Waals surface area contributed by atoms with Crippen LogP contribution in [0.5, 0.6) is 0 Å². The van der Waals surface area contributed by atoms with Crippen molar-refractivity contribution in [2.45, 2.75) is 39.3 Å². The first-order valence-electron chi connectivity index (χ1n) is 12.0. The first-order chi connectivity index (χ1) is 17.0. The molecule has 8 nitrogen and oxygen atoms in total. The van der Waals surface area contributed by atoms with Gasteiger partial charge in [0.25, 0.3) is 11.8 Å². The number of hydrogen-bond donors (Lipinski definition) is 2. The lowest BCUT2D eigenvalue weighted by molar-refractivity contribution is -0.120. The second kappa shape index (κ2) is 11.5. The van der Waals surface area contributed by atoms with Gasteiger partial charge >= 0.3 is 0 Å². The molecule has 0 fully saturated rings. The number of carbonyl (C=O) groups is 3. The summed E-state index contributed by atoms with van der Waals surface area (Å²) in [5.41, 5.74) is 3.99. The van der Waals surface area contributed by atoms with Crippen LogP contribution in [-0.4, -0.2) is 52.0 Å². The number of amides is 3. The molecule has 2 heterocycles. The molecule has 0 unspecified atom stereocenters. The summed E-state index contributed by atoms with van der Waals surface area (Å²) in [7, 11) is 0. The summed E-state index contributed by atoms with van der Waals surface area (Å²) in [5.74, 6) is -0.641. The van der Waals surface area contributed by atoms with Gasteiger partial charge in [-0.2, -0.15) is 5.10 Å². The number of aromatic nitrogens is 2. The summed E-state index contributed by atoms with van der Waals surface area (Å²) in [6.45, 7) is 4.51. The number of hydrogen-bond acceptors (Lipinski definition) is 4. The minimum absolute atomic E-state index is 0.121. The highest BCUT2D eigenvalue weighted by Gasteiger charge is 2.26. The highest BCUT2D eigenvalue weighted by Crippen LogP contribution is 2.17. The van der Waals surface area contributed by atoms with Crippen molar-refractivity contribution in [3.8, 4) is 0 Å². The van der Waals surface area contributed by atoms with Gasteiger partial charge in [0.15, 0.2) is 5.69 Å². The average molecular weight is 474 g/mol. The molecule has 3 aromatic rings. The molecule has 2 aromatic carbocycles. The SMILES string of the molecule is Cc1cccc(CN2CCCn3nc(C(=O)NCCC(=O)NCCc4ccccc4)cc3C2=O)c1. The molecule has 0 atom stereocenters. The Hall–Kier alpha value is -3.94. The number of rotatable bonds is 9. The Morgan fingerprint density at radius 2 is 1.74 bits per heavy atom. The Morgan fingerprint density at radius 3 is 2.54 bits per heavy atom. The number of nitrogens with one attached hydrogen (secondary N) is 2. The van der Waals surface area contributed by atoms with Crippen molar-refractivity contribution in [2.24, 2.45) is 0 Å². The number of fused-ring (bicyclic) bond motifs is 1. The standard InChI is InChI=1S/C27H31N5O3/c1-20-7-5-10-22(17-20)19-31-15-6-16-32-24(27(31)35)18-23(30-32)26(34)29-14-12-25(33)28-13-11-21-8-3-2-4-9-21/h2-5,7-10,17-18H,6,11-16,19H2,1H3,(H,28,33)(H,29,34). The molecule has 3 amide bonds. The second-order valence-corrected chi connectivity index (χ2v) is 8.80. The van der Waals surface area contributed by atoms with Gasteiger partial charge in [-0.3, -0.25) is 19.1 Å². The highest BCUT2D eigenvalue weighted by molar-refractivity contribution is 5.98. The normalized spacial score (nSPS) is 13.2. The molecule has 1 aliphatic rings. The molecular formula is C27H31N5O3. The summed E-state index contributed by atoms with van der Waals surface area (Å²) >= 11 is 0. The molecule has 8 heteroatoms. The van der Waals surface area contributed by atoms with Gasteiger partial charge in [-0.05, 0) is 30.9 Å². The van der Waals surface area contributed by atoms with E-state index >= 15 is 0 Å². The quantitative estimate of drug-likeness (QED) is 0.500. The Kier molecular flexibility index (Phi) is 7.92. The summed E-state index contributed by atoms with van der Waals surface area (Å²) in [6, 6.07) is 19.6. The number of carbonyl (C=O) groups excluding carboxylic acids is 3. The van der Waals surface area contributed by atoms with E-state index in [0.717, 1.165) is 29.5 Å².